The summed E-state index contributed by atoms with van der Waals surface area (Å²) in [6.45, 7) is 4.84. The van der Waals surface area contributed by atoms with Gasteiger partial charge in [0, 0.05) is 29.6 Å². The number of aromatic amines is 1. The number of rotatable bonds is 11. The number of aromatic nitrogens is 5. The molecule has 0 aliphatic carbocycles. The van der Waals surface area contributed by atoms with E-state index in [1.54, 1.807) is 20.1 Å². The molecule has 0 spiro atoms. The van der Waals surface area contributed by atoms with E-state index in [4.69, 9.17) is 18.9 Å². The van der Waals surface area contributed by atoms with E-state index in [2.05, 4.69) is 25.4 Å². The fourth-order valence-corrected chi connectivity index (χ4v) is 4.74. The van der Waals surface area contributed by atoms with Crippen molar-refractivity contribution in [1.82, 2.24) is 30.1 Å². The van der Waals surface area contributed by atoms with Crippen LogP contribution in [0.2, 0.25) is 0 Å². The van der Waals surface area contributed by atoms with Crippen LogP contribution in [-0.4, -0.2) is 56.6 Å². The SMILES string of the molecule is CCOC(=O)Cn1nnnc1[C@@H](CC)N(Cc1ccc2c(c1)OCO2)Cc1cc2cc(OC)ccc2[nH]c1=O. The summed E-state index contributed by atoms with van der Waals surface area (Å²) >= 11 is 0. The lowest BCUT2D eigenvalue weighted by atomic mass is 10.1. The van der Waals surface area contributed by atoms with Crippen LogP contribution in [0.1, 0.15) is 43.3 Å². The van der Waals surface area contributed by atoms with E-state index in [1.807, 2.05) is 43.3 Å². The second kappa shape index (κ2) is 11.5. The molecule has 39 heavy (non-hydrogen) atoms. The Bertz CT molecular complexity index is 1530. The number of hydrogen-bond donors (Lipinski definition) is 1. The van der Waals surface area contributed by atoms with E-state index in [0.29, 0.717) is 48.1 Å². The minimum Gasteiger partial charge on any atom is -0.497 e. The van der Waals surface area contributed by atoms with Gasteiger partial charge in [0.2, 0.25) is 6.79 Å². The average molecular weight is 535 g/mol. The summed E-state index contributed by atoms with van der Waals surface area (Å²) in [6.07, 6.45) is 0.618. The molecule has 2 aromatic heterocycles. The molecule has 0 radical (unpaired) electrons. The first kappa shape index (κ1) is 26.2. The maximum Gasteiger partial charge on any atom is 0.327 e. The molecule has 2 aromatic carbocycles. The zero-order valence-corrected chi connectivity index (χ0v) is 22.0. The molecule has 0 fully saturated rings. The first-order valence-corrected chi connectivity index (χ1v) is 12.7. The summed E-state index contributed by atoms with van der Waals surface area (Å²) in [5.41, 5.74) is 2.06. The largest absolute Gasteiger partial charge is 0.497 e. The predicted octanol–water partition coefficient (Wildman–Crippen LogP) is 2.97. The summed E-state index contributed by atoms with van der Waals surface area (Å²) in [5.74, 6) is 2.13. The summed E-state index contributed by atoms with van der Waals surface area (Å²) in [6, 6.07) is 12.8. The van der Waals surface area contributed by atoms with Crippen molar-refractivity contribution in [1.29, 1.82) is 0 Å². The van der Waals surface area contributed by atoms with E-state index in [9.17, 15) is 9.59 Å². The van der Waals surface area contributed by atoms with Gasteiger partial charge in [-0.2, -0.15) is 0 Å². The van der Waals surface area contributed by atoms with Crippen LogP contribution >= 0.6 is 0 Å². The molecular weight excluding hydrogens is 504 g/mol. The fraction of sp³-hybridized carbons (Fsp3) is 0.370. The second-order valence-electron chi connectivity index (χ2n) is 9.09. The monoisotopic (exact) mass is 534 g/mol. The Labute approximate surface area is 224 Å². The molecule has 1 atom stereocenters. The molecule has 4 aromatic rings. The number of H-pyrrole nitrogens is 1. The Balaban J connectivity index is 1.52. The number of carbonyl (C=O) groups excluding carboxylic acids is 1. The highest BCUT2D eigenvalue weighted by atomic mass is 16.7. The van der Waals surface area contributed by atoms with Crippen molar-refractivity contribution in [3.63, 3.8) is 0 Å². The normalized spacial score (nSPS) is 13.1. The molecule has 0 bridgehead atoms. The molecule has 204 valence electrons. The maximum absolute atomic E-state index is 13.2. The lowest BCUT2D eigenvalue weighted by Gasteiger charge is -2.30. The topological polar surface area (TPSA) is 134 Å². The molecule has 12 heteroatoms. The highest BCUT2D eigenvalue weighted by Gasteiger charge is 2.27. The van der Waals surface area contributed by atoms with E-state index in [-0.39, 0.29) is 31.5 Å². The van der Waals surface area contributed by atoms with E-state index in [1.165, 1.54) is 4.68 Å². The average Bonchev–Trinajstić information content (AvgIpc) is 3.59. The van der Waals surface area contributed by atoms with Gasteiger partial charge < -0.3 is 23.9 Å². The van der Waals surface area contributed by atoms with Crippen LogP contribution in [0.25, 0.3) is 10.9 Å². The summed E-state index contributed by atoms with van der Waals surface area (Å²) < 4.78 is 23.0. The van der Waals surface area contributed by atoms with Gasteiger partial charge >= 0.3 is 5.97 Å². The Morgan fingerprint density at radius 2 is 1.97 bits per heavy atom. The number of pyridine rings is 1. The molecular formula is C27H30N6O6. The van der Waals surface area contributed by atoms with Gasteiger partial charge in [-0.25, -0.2) is 4.68 Å². The van der Waals surface area contributed by atoms with Crippen LogP contribution < -0.4 is 19.8 Å². The third kappa shape index (κ3) is 5.70. The molecule has 3 heterocycles. The molecule has 0 unspecified atom stereocenters. The number of nitrogens with zero attached hydrogens (tertiary/aromatic N) is 5. The van der Waals surface area contributed by atoms with Gasteiger partial charge in [0.1, 0.15) is 12.3 Å². The third-order valence-electron chi connectivity index (χ3n) is 6.59. The molecule has 0 saturated heterocycles. The van der Waals surface area contributed by atoms with E-state index >= 15 is 0 Å². The summed E-state index contributed by atoms with van der Waals surface area (Å²) in [4.78, 5) is 30.5. The predicted molar refractivity (Wildman–Crippen MR) is 140 cm³/mol. The number of ether oxygens (including phenoxy) is 4. The van der Waals surface area contributed by atoms with E-state index in [0.717, 1.165) is 16.5 Å². The number of nitrogens with one attached hydrogen (secondary N) is 1. The fourth-order valence-electron chi connectivity index (χ4n) is 4.74. The quantitative estimate of drug-likeness (QED) is 0.286. The van der Waals surface area contributed by atoms with Crippen LogP contribution in [0.4, 0.5) is 0 Å². The Hall–Kier alpha value is -4.45. The van der Waals surface area contributed by atoms with Gasteiger partial charge in [0.15, 0.2) is 17.3 Å². The van der Waals surface area contributed by atoms with Gasteiger partial charge in [0.25, 0.3) is 5.56 Å². The van der Waals surface area contributed by atoms with Crippen molar-refractivity contribution >= 4 is 16.9 Å². The Morgan fingerprint density at radius 3 is 2.77 bits per heavy atom. The third-order valence-corrected chi connectivity index (χ3v) is 6.59. The number of fused-ring (bicyclic) bond motifs is 2. The van der Waals surface area contributed by atoms with Crippen LogP contribution in [-0.2, 0) is 29.2 Å². The van der Waals surface area contributed by atoms with Crippen LogP contribution in [0.3, 0.4) is 0 Å². The molecule has 1 aliphatic rings. The van der Waals surface area contributed by atoms with Crippen molar-refractivity contribution in [3.05, 3.63) is 69.8 Å². The molecule has 5 rings (SSSR count). The van der Waals surface area contributed by atoms with Crippen LogP contribution in [0, 0.1) is 0 Å². The standard InChI is InChI=1S/C27H30N6O6/c1-4-22(26-29-30-31-33(26)15-25(34)37-5-2)32(13-17-6-9-23-24(10-17)39-16-38-23)14-19-11-18-12-20(36-3)7-8-21(18)28-27(19)35/h6-12,22H,4-5,13-16H2,1-3H3,(H,28,35)/t22-/m1/s1. The second-order valence-corrected chi connectivity index (χ2v) is 9.09. The van der Waals surface area contributed by atoms with Gasteiger partial charge in [-0.15, -0.1) is 5.10 Å². The lowest BCUT2D eigenvalue weighted by molar-refractivity contribution is -0.144. The zero-order chi connectivity index (χ0) is 27.4. The molecule has 1 N–H and O–H groups in total. The van der Waals surface area contributed by atoms with Crippen LogP contribution in [0.15, 0.2) is 47.3 Å². The number of esters is 1. The number of methoxy groups -OCH3 is 1. The Morgan fingerprint density at radius 1 is 1.13 bits per heavy atom. The summed E-state index contributed by atoms with van der Waals surface area (Å²) in [5, 5.41) is 13.0. The van der Waals surface area contributed by atoms with Crippen molar-refractivity contribution in [2.45, 2.75) is 45.9 Å². The molecule has 0 amide bonds. The molecule has 12 nitrogen and oxygen atoms in total. The lowest BCUT2D eigenvalue weighted by Crippen LogP contribution is -2.33. The van der Waals surface area contributed by atoms with Gasteiger partial charge in [0.05, 0.1) is 19.8 Å². The first-order valence-electron chi connectivity index (χ1n) is 12.7. The van der Waals surface area contributed by atoms with Gasteiger partial charge in [-0.05, 0) is 65.7 Å². The maximum atomic E-state index is 13.2. The van der Waals surface area contributed by atoms with E-state index < -0.39 is 5.97 Å². The van der Waals surface area contributed by atoms with Crippen LogP contribution in [0.5, 0.6) is 17.2 Å². The minimum atomic E-state index is -0.428. The molecule has 0 saturated carbocycles. The molecule has 1 aliphatic heterocycles. The van der Waals surface area contributed by atoms with Gasteiger partial charge in [-0.3, -0.25) is 14.5 Å². The highest BCUT2D eigenvalue weighted by Crippen LogP contribution is 2.34. The Kier molecular flexibility index (Phi) is 7.73. The van der Waals surface area contributed by atoms with Crippen molar-refractivity contribution in [2.24, 2.45) is 0 Å². The van der Waals surface area contributed by atoms with Gasteiger partial charge in [-0.1, -0.05) is 13.0 Å². The highest BCUT2D eigenvalue weighted by molar-refractivity contribution is 5.80. The minimum absolute atomic E-state index is 0.110. The van der Waals surface area contributed by atoms with Crippen molar-refractivity contribution < 1.29 is 23.7 Å². The number of benzene rings is 2. The van der Waals surface area contributed by atoms with Crippen molar-refractivity contribution in [2.75, 3.05) is 20.5 Å². The zero-order valence-electron chi connectivity index (χ0n) is 22.0. The number of tetrazole rings is 1. The number of hydrogen-bond acceptors (Lipinski definition) is 10. The summed E-state index contributed by atoms with van der Waals surface area (Å²) in [7, 11) is 1.60. The van der Waals surface area contributed by atoms with Crippen molar-refractivity contribution in [3.8, 4) is 17.2 Å². The first-order chi connectivity index (χ1) is 19.0. The smallest absolute Gasteiger partial charge is 0.327 e. The number of carbonyl (C=O) groups is 1.